The maximum Gasteiger partial charge on any atom is 0.126 e. The lowest BCUT2D eigenvalue weighted by molar-refractivity contribution is -0.309. The van der Waals surface area contributed by atoms with E-state index in [0.717, 1.165) is 0 Å². The number of ether oxygens (including phenoxy) is 1. The Balaban J connectivity index is 1.85. The molecule has 23 heavy (non-hydrogen) atoms. The average molecular weight is 306 g/mol. The van der Waals surface area contributed by atoms with Crippen LogP contribution in [-0.2, 0) is 10.3 Å². The fourth-order valence-corrected chi connectivity index (χ4v) is 4.84. The molecule has 0 amide bonds. The summed E-state index contributed by atoms with van der Waals surface area (Å²) >= 11 is 0. The van der Waals surface area contributed by atoms with Gasteiger partial charge in [0.25, 0.3) is 0 Å². The Hall–Kier alpha value is -1.60. The minimum Gasteiger partial charge on any atom is -0.361 e. The quantitative estimate of drug-likeness (QED) is 0.692. The van der Waals surface area contributed by atoms with E-state index in [-0.39, 0.29) is 11.0 Å². The number of hydrogen-bond donors (Lipinski definition) is 0. The fourth-order valence-electron chi connectivity index (χ4n) is 4.84. The summed E-state index contributed by atoms with van der Waals surface area (Å²) in [5.74, 6) is 0. The standard InChI is InChI=1S/C22H26O/c1-21-17-11-3-2-10-16-20(21)23-22(21,18-12-6-4-7-13-18)19-14-8-5-9-15-19/h4-9,12-15,20H,2-3,10-11,16-17H2,1H3/t20-,21-/m0/s1. The second kappa shape index (κ2) is 5.79. The van der Waals surface area contributed by atoms with E-state index in [1.165, 1.54) is 49.7 Å². The molecule has 2 aromatic rings. The minimum atomic E-state index is -0.280. The van der Waals surface area contributed by atoms with Gasteiger partial charge in [-0.3, -0.25) is 0 Å². The largest absolute Gasteiger partial charge is 0.361 e. The van der Waals surface area contributed by atoms with Gasteiger partial charge in [-0.15, -0.1) is 0 Å². The third-order valence-corrected chi connectivity index (χ3v) is 6.11. The molecule has 0 aromatic heterocycles. The van der Waals surface area contributed by atoms with Crippen LogP contribution >= 0.6 is 0 Å². The van der Waals surface area contributed by atoms with Gasteiger partial charge in [-0.2, -0.15) is 0 Å². The van der Waals surface area contributed by atoms with Crippen molar-refractivity contribution >= 4 is 0 Å². The van der Waals surface area contributed by atoms with Crippen LogP contribution in [0.5, 0.6) is 0 Å². The summed E-state index contributed by atoms with van der Waals surface area (Å²) in [6.07, 6.45) is 8.20. The van der Waals surface area contributed by atoms with Crippen molar-refractivity contribution in [2.45, 2.75) is 57.2 Å². The summed E-state index contributed by atoms with van der Waals surface area (Å²) in [6.45, 7) is 2.46. The maximum atomic E-state index is 6.74. The number of hydrogen-bond acceptors (Lipinski definition) is 1. The van der Waals surface area contributed by atoms with Gasteiger partial charge in [-0.1, -0.05) is 93.3 Å². The molecular formula is C22H26O. The van der Waals surface area contributed by atoms with E-state index in [1.807, 2.05) is 0 Å². The van der Waals surface area contributed by atoms with Crippen molar-refractivity contribution in [1.82, 2.24) is 0 Å². The molecular weight excluding hydrogens is 280 g/mol. The van der Waals surface area contributed by atoms with Gasteiger partial charge in [0, 0.05) is 5.41 Å². The smallest absolute Gasteiger partial charge is 0.126 e. The third-order valence-electron chi connectivity index (χ3n) is 6.11. The number of fused-ring (bicyclic) bond motifs is 1. The summed E-state index contributed by atoms with van der Waals surface area (Å²) in [4.78, 5) is 0. The molecule has 4 rings (SSSR count). The van der Waals surface area contributed by atoms with Crippen LogP contribution < -0.4 is 0 Å². The van der Waals surface area contributed by atoms with E-state index in [2.05, 4.69) is 67.6 Å². The Bertz CT molecular complexity index is 609. The summed E-state index contributed by atoms with van der Waals surface area (Å²) in [6, 6.07) is 21.7. The normalized spacial score (nSPS) is 29.7. The van der Waals surface area contributed by atoms with Crippen molar-refractivity contribution < 1.29 is 4.74 Å². The molecule has 0 bridgehead atoms. The topological polar surface area (TPSA) is 9.23 Å². The number of benzene rings is 2. The molecule has 0 N–H and O–H groups in total. The van der Waals surface area contributed by atoms with E-state index < -0.39 is 0 Å². The highest BCUT2D eigenvalue weighted by Gasteiger charge is 2.65. The fraction of sp³-hybridized carbons (Fsp3) is 0.455. The van der Waals surface area contributed by atoms with Crippen LogP contribution in [0.4, 0.5) is 0 Å². The highest BCUT2D eigenvalue weighted by Crippen LogP contribution is 2.63. The van der Waals surface area contributed by atoms with E-state index in [9.17, 15) is 0 Å². The van der Waals surface area contributed by atoms with Gasteiger partial charge in [0.2, 0.25) is 0 Å². The molecule has 1 heterocycles. The van der Waals surface area contributed by atoms with Gasteiger partial charge in [0.05, 0.1) is 6.10 Å². The molecule has 1 heteroatoms. The van der Waals surface area contributed by atoms with Crippen molar-refractivity contribution in [3.8, 4) is 0 Å². The maximum absolute atomic E-state index is 6.74. The molecule has 120 valence electrons. The molecule has 2 aromatic carbocycles. The zero-order valence-corrected chi connectivity index (χ0v) is 14.0. The molecule has 0 unspecified atom stereocenters. The van der Waals surface area contributed by atoms with Crippen LogP contribution in [0.2, 0.25) is 0 Å². The molecule has 1 saturated carbocycles. The predicted molar refractivity (Wildman–Crippen MR) is 94.3 cm³/mol. The molecule has 2 aliphatic rings. The van der Waals surface area contributed by atoms with Gasteiger partial charge in [0.1, 0.15) is 5.60 Å². The lowest BCUT2D eigenvalue weighted by atomic mass is 9.55. The van der Waals surface area contributed by atoms with Crippen LogP contribution in [-0.4, -0.2) is 6.10 Å². The van der Waals surface area contributed by atoms with Crippen LogP contribution in [0.15, 0.2) is 60.7 Å². The SMILES string of the molecule is C[C@]12CCCCCC[C@@H]1OC2(c1ccccc1)c1ccccc1. The molecule has 2 fully saturated rings. The van der Waals surface area contributed by atoms with E-state index in [1.54, 1.807) is 0 Å². The van der Waals surface area contributed by atoms with E-state index in [0.29, 0.717) is 6.10 Å². The first kappa shape index (κ1) is 15.0. The summed E-state index contributed by atoms with van der Waals surface area (Å²) < 4.78 is 6.74. The van der Waals surface area contributed by atoms with Crippen molar-refractivity contribution in [3.05, 3.63) is 71.8 Å². The van der Waals surface area contributed by atoms with Crippen LogP contribution in [0.3, 0.4) is 0 Å². The van der Waals surface area contributed by atoms with E-state index >= 15 is 0 Å². The summed E-state index contributed by atoms with van der Waals surface area (Å²) in [7, 11) is 0. The predicted octanol–water partition coefficient (Wildman–Crippen LogP) is 5.69. The lowest BCUT2D eigenvalue weighted by Gasteiger charge is -2.64. The zero-order valence-electron chi connectivity index (χ0n) is 14.0. The van der Waals surface area contributed by atoms with Crippen LogP contribution in [0, 0.1) is 5.41 Å². The Morgan fingerprint density at radius 3 is 1.96 bits per heavy atom. The van der Waals surface area contributed by atoms with Crippen LogP contribution in [0.25, 0.3) is 0 Å². The first-order chi connectivity index (χ1) is 11.3. The van der Waals surface area contributed by atoms with Crippen molar-refractivity contribution in [1.29, 1.82) is 0 Å². The highest BCUT2D eigenvalue weighted by atomic mass is 16.5. The zero-order chi connectivity index (χ0) is 15.8. The van der Waals surface area contributed by atoms with Crippen LogP contribution in [0.1, 0.15) is 56.6 Å². The minimum absolute atomic E-state index is 0.191. The Kier molecular flexibility index (Phi) is 3.77. The van der Waals surface area contributed by atoms with Crippen molar-refractivity contribution in [3.63, 3.8) is 0 Å². The molecule has 1 aliphatic carbocycles. The molecule has 1 aliphatic heterocycles. The molecule has 0 spiro atoms. The molecule has 1 saturated heterocycles. The highest BCUT2D eigenvalue weighted by molar-refractivity contribution is 5.43. The molecule has 2 atom stereocenters. The number of rotatable bonds is 2. The van der Waals surface area contributed by atoms with Gasteiger partial charge >= 0.3 is 0 Å². The summed E-state index contributed by atoms with van der Waals surface area (Å²) in [5.41, 5.74) is 2.53. The van der Waals surface area contributed by atoms with Gasteiger partial charge in [-0.05, 0) is 24.0 Å². The molecule has 1 nitrogen and oxygen atoms in total. The first-order valence-electron chi connectivity index (χ1n) is 9.06. The Morgan fingerprint density at radius 1 is 0.783 bits per heavy atom. The Morgan fingerprint density at radius 2 is 1.35 bits per heavy atom. The van der Waals surface area contributed by atoms with Gasteiger partial charge in [-0.25, -0.2) is 0 Å². The van der Waals surface area contributed by atoms with Gasteiger partial charge < -0.3 is 4.74 Å². The Labute approximate surface area is 139 Å². The molecule has 0 radical (unpaired) electrons. The monoisotopic (exact) mass is 306 g/mol. The lowest BCUT2D eigenvalue weighted by Crippen LogP contribution is -2.66. The average Bonchev–Trinajstić information content (AvgIpc) is 2.60. The second-order valence-corrected chi connectivity index (χ2v) is 7.39. The van der Waals surface area contributed by atoms with Crippen molar-refractivity contribution in [2.24, 2.45) is 5.41 Å². The third kappa shape index (κ3) is 2.17. The second-order valence-electron chi connectivity index (χ2n) is 7.39. The van der Waals surface area contributed by atoms with Crippen molar-refractivity contribution in [2.75, 3.05) is 0 Å². The van der Waals surface area contributed by atoms with Gasteiger partial charge in [0.15, 0.2) is 0 Å². The summed E-state index contributed by atoms with van der Waals surface area (Å²) in [5, 5.41) is 0. The first-order valence-corrected chi connectivity index (χ1v) is 9.06. The van der Waals surface area contributed by atoms with E-state index in [4.69, 9.17) is 4.74 Å².